The fourth-order valence-electron chi connectivity index (χ4n) is 3.07. The lowest BCUT2D eigenvalue weighted by Crippen LogP contribution is -2.48. The Morgan fingerprint density at radius 1 is 1.43 bits per heavy atom. The van der Waals surface area contributed by atoms with Gasteiger partial charge in [0.05, 0.1) is 0 Å². The molecule has 1 N–H and O–H groups in total. The molecule has 0 aromatic heterocycles. The molecule has 2 aliphatic heterocycles. The van der Waals surface area contributed by atoms with E-state index in [1.807, 2.05) is 17.0 Å². The summed E-state index contributed by atoms with van der Waals surface area (Å²) in [4.78, 5) is 14.1. The normalized spacial score (nSPS) is 24.1. The highest BCUT2D eigenvalue weighted by molar-refractivity contribution is 6.30. The molecule has 0 bridgehead atoms. The van der Waals surface area contributed by atoms with Gasteiger partial charge in [-0.25, -0.2) is 0 Å². The van der Waals surface area contributed by atoms with Gasteiger partial charge in [0.15, 0.2) is 6.61 Å². The van der Waals surface area contributed by atoms with Crippen molar-refractivity contribution in [3.63, 3.8) is 0 Å². The minimum Gasteiger partial charge on any atom is -0.484 e. The third-order valence-corrected chi connectivity index (χ3v) is 4.40. The zero-order valence-electron chi connectivity index (χ0n) is 11.8. The molecule has 1 aromatic carbocycles. The van der Waals surface area contributed by atoms with E-state index < -0.39 is 0 Å². The van der Waals surface area contributed by atoms with Crippen molar-refractivity contribution in [1.29, 1.82) is 0 Å². The predicted octanol–water partition coefficient (Wildman–Crippen LogP) is 2.35. The average molecular weight is 331 g/mol. The molecule has 4 nitrogen and oxygen atoms in total. The monoisotopic (exact) mass is 330 g/mol. The third-order valence-electron chi connectivity index (χ3n) is 4.17. The zero-order chi connectivity index (χ0) is 13.9. The summed E-state index contributed by atoms with van der Waals surface area (Å²) in [6.45, 7) is 2.85. The Morgan fingerprint density at radius 3 is 3.10 bits per heavy atom. The van der Waals surface area contributed by atoms with Gasteiger partial charge in [-0.3, -0.25) is 4.79 Å². The highest BCUT2D eigenvalue weighted by Gasteiger charge is 2.34. The second kappa shape index (κ2) is 7.34. The van der Waals surface area contributed by atoms with Crippen LogP contribution in [0.3, 0.4) is 0 Å². The lowest BCUT2D eigenvalue weighted by Gasteiger charge is -2.34. The smallest absolute Gasteiger partial charge is 0.260 e. The number of ether oxygens (including phenoxy) is 1. The van der Waals surface area contributed by atoms with Crippen molar-refractivity contribution in [2.45, 2.75) is 18.9 Å². The van der Waals surface area contributed by atoms with Crippen molar-refractivity contribution >= 4 is 29.9 Å². The number of hydrogen-bond acceptors (Lipinski definition) is 3. The van der Waals surface area contributed by atoms with Crippen LogP contribution in [0.5, 0.6) is 5.75 Å². The van der Waals surface area contributed by atoms with Crippen LogP contribution in [0, 0.1) is 5.92 Å². The van der Waals surface area contributed by atoms with Crippen molar-refractivity contribution in [3.05, 3.63) is 29.3 Å². The van der Waals surface area contributed by atoms with Gasteiger partial charge in [-0.15, -0.1) is 12.4 Å². The van der Waals surface area contributed by atoms with Gasteiger partial charge in [-0.2, -0.15) is 0 Å². The minimum absolute atomic E-state index is 0. The number of amides is 1. The van der Waals surface area contributed by atoms with Crippen LogP contribution in [0.15, 0.2) is 24.3 Å². The van der Waals surface area contributed by atoms with E-state index in [9.17, 15) is 4.79 Å². The molecule has 0 aliphatic carbocycles. The Labute approximate surface area is 136 Å². The van der Waals surface area contributed by atoms with Crippen LogP contribution in [-0.2, 0) is 4.79 Å². The molecular formula is C15H20Cl2N2O2. The largest absolute Gasteiger partial charge is 0.484 e. The quantitative estimate of drug-likeness (QED) is 0.924. The number of carbonyl (C=O) groups is 1. The average Bonchev–Trinajstić information content (AvgIpc) is 2.92. The molecule has 2 saturated heterocycles. The molecule has 2 heterocycles. The lowest BCUT2D eigenvalue weighted by atomic mass is 9.93. The highest BCUT2D eigenvalue weighted by atomic mass is 35.5. The van der Waals surface area contributed by atoms with E-state index in [1.165, 1.54) is 6.42 Å². The molecule has 1 amide bonds. The molecule has 6 heteroatoms. The Kier molecular flexibility index (Phi) is 5.73. The van der Waals surface area contributed by atoms with Gasteiger partial charge < -0.3 is 15.0 Å². The summed E-state index contributed by atoms with van der Waals surface area (Å²) in [6, 6.07) is 7.74. The number of rotatable bonds is 3. The van der Waals surface area contributed by atoms with Crippen molar-refractivity contribution in [3.8, 4) is 5.75 Å². The summed E-state index contributed by atoms with van der Waals surface area (Å²) in [5, 5.41) is 4.12. The number of fused-ring (bicyclic) bond motifs is 1. The fraction of sp³-hybridized carbons (Fsp3) is 0.533. The maximum atomic E-state index is 12.2. The number of carbonyl (C=O) groups excluding carboxylic acids is 1. The Balaban J connectivity index is 0.00000161. The minimum atomic E-state index is 0. The summed E-state index contributed by atoms with van der Waals surface area (Å²) in [6.07, 6.45) is 2.22. The first kappa shape index (κ1) is 16.4. The first-order chi connectivity index (χ1) is 9.72. The molecule has 2 fully saturated rings. The molecule has 0 spiro atoms. The number of nitrogens with zero attached hydrogens (tertiary/aromatic N) is 1. The van der Waals surface area contributed by atoms with Gasteiger partial charge in [0, 0.05) is 24.2 Å². The van der Waals surface area contributed by atoms with Crippen LogP contribution in [0.1, 0.15) is 12.8 Å². The first-order valence-electron chi connectivity index (χ1n) is 7.12. The van der Waals surface area contributed by atoms with Crippen molar-refractivity contribution in [1.82, 2.24) is 10.2 Å². The van der Waals surface area contributed by atoms with E-state index in [0.717, 1.165) is 26.1 Å². The van der Waals surface area contributed by atoms with E-state index in [1.54, 1.807) is 12.1 Å². The lowest BCUT2D eigenvalue weighted by molar-refractivity contribution is -0.135. The van der Waals surface area contributed by atoms with Crippen LogP contribution in [0.25, 0.3) is 0 Å². The van der Waals surface area contributed by atoms with Crippen LogP contribution in [-0.4, -0.2) is 43.1 Å². The maximum absolute atomic E-state index is 12.2. The van der Waals surface area contributed by atoms with Gasteiger partial charge in [0.1, 0.15) is 5.75 Å². The highest BCUT2D eigenvalue weighted by Crippen LogP contribution is 2.24. The molecule has 3 rings (SSSR count). The van der Waals surface area contributed by atoms with Crippen molar-refractivity contribution in [2.75, 3.05) is 26.2 Å². The second-order valence-electron chi connectivity index (χ2n) is 5.48. The van der Waals surface area contributed by atoms with E-state index in [0.29, 0.717) is 22.7 Å². The Bertz CT molecular complexity index is 498. The number of benzene rings is 1. The molecule has 0 saturated carbocycles. The summed E-state index contributed by atoms with van der Waals surface area (Å²) in [7, 11) is 0. The van der Waals surface area contributed by atoms with Crippen molar-refractivity contribution < 1.29 is 9.53 Å². The van der Waals surface area contributed by atoms with E-state index in [4.69, 9.17) is 16.3 Å². The fourth-order valence-corrected chi connectivity index (χ4v) is 3.25. The van der Waals surface area contributed by atoms with E-state index >= 15 is 0 Å². The topological polar surface area (TPSA) is 41.6 Å². The Morgan fingerprint density at radius 2 is 2.29 bits per heavy atom. The second-order valence-corrected chi connectivity index (χ2v) is 5.92. The zero-order valence-corrected chi connectivity index (χ0v) is 13.3. The van der Waals surface area contributed by atoms with Crippen LogP contribution in [0.4, 0.5) is 0 Å². The van der Waals surface area contributed by atoms with Crippen LogP contribution < -0.4 is 10.1 Å². The molecule has 0 radical (unpaired) electrons. The number of halogens is 2. The molecular weight excluding hydrogens is 311 g/mol. The third kappa shape index (κ3) is 4.02. The van der Waals surface area contributed by atoms with Crippen molar-refractivity contribution in [2.24, 2.45) is 5.92 Å². The van der Waals surface area contributed by atoms with E-state index in [-0.39, 0.29) is 24.9 Å². The summed E-state index contributed by atoms with van der Waals surface area (Å²) in [5.74, 6) is 1.32. The van der Waals surface area contributed by atoms with Crippen LogP contribution in [0.2, 0.25) is 5.02 Å². The molecule has 2 aliphatic rings. The number of likely N-dealkylation sites (tertiary alicyclic amines) is 1. The summed E-state index contributed by atoms with van der Waals surface area (Å²) in [5.41, 5.74) is 0. The number of piperidine rings is 1. The van der Waals surface area contributed by atoms with Gasteiger partial charge in [0.25, 0.3) is 5.91 Å². The van der Waals surface area contributed by atoms with Gasteiger partial charge in [-0.05, 0) is 43.5 Å². The van der Waals surface area contributed by atoms with E-state index in [2.05, 4.69) is 5.32 Å². The molecule has 2 atom stereocenters. The number of hydrogen-bond donors (Lipinski definition) is 1. The Hall–Kier alpha value is -0.970. The van der Waals surface area contributed by atoms with Gasteiger partial charge >= 0.3 is 0 Å². The standard InChI is InChI=1S/C15H19ClN2O2.ClH/c16-12-2-1-3-13(8-12)20-10-15(19)18-7-5-14-11(9-18)4-6-17-14;/h1-3,8,11,14,17H,4-7,9-10H2;1H. The van der Waals surface area contributed by atoms with Crippen LogP contribution >= 0.6 is 24.0 Å². The molecule has 2 unspecified atom stereocenters. The summed E-state index contributed by atoms with van der Waals surface area (Å²) >= 11 is 5.89. The molecule has 116 valence electrons. The molecule has 1 aromatic rings. The summed E-state index contributed by atoms with van der Waals surface area (Å²) < 4.78 is 5.52. The van der Waals surface area contributed by atoms with Gasteiger partial charge in [0.2, 0.25) is 0 Å². The maximum Gasteiger partial charge on any atom is 0.260 e. The molecule has 21 heavy (non-hydrogen) atoms. The van der Waals surface area contributed by atoms with Gasteiger partial charge in [-0.1, -0.05) is 17.7 Å². The predicted molar refractivity (Wildman–Crippen MR) is 85.3 cm³/mol. The number of nitrogens with one attached hydrogen (secondary N) is 1. The first-order valence-corrected chi connectivity index (χ1v) is 7.50. The SMILES string of the molecule is Cl.O=C(COc1cccc(Cl)c1)N1CCC2NCCC2C1.